The van der Waals surface area contributed by atoms with Crippen LogP contribution in [0, 0.1) is 10.8 Å². The second-order valence-electron chi connectivity index (χ2n) is 5.84. The van der Waals surface area contributed by atoms with Gasteiger partial charge in [0.25, 0.3) is 0 Å². The highest BCUT2D eigenvalue weighted by molar-refractivity contribution is 5.68. The summed E-state index contributed by atoms with van der Waals surface area (Å²) in [6.07, 6.45) is 3.08. The molecule has 1 heteroatoms. The molecule has 0 unspecified atom stereocenters. The molecule has 0 aromatic carbocycles. The minimum Gasteiger partial charge on any atom is -0.265 e. The van der Waals surface area contributed by atoms with Gasteiger partial charge in [-0.15, -0.1) is 0 Å². The molecule has 1 rings (SSSR count). The van der Waals surface area contributed by atoms with Gasteiger partial charge in [-0.25, -0.2) is 0 Å². The van der Waals surface area contributed by atoms with Crippen molar-refractivity contribution in [1.29, 1.82) is 0 Å². The molecule has 13 heavy (non-hydrogen) atoms. The molecule has 74 valence electrons. The van der Waals surface area contributed by atoms with Crippen molar-refractivity contribution in [3.8, 4) is 0 Å². The van der Waals surface area contributed by atoms with Crippen molar-refractivity contribution in [2.75, 3.05) is 0 Å². The van der Waals surface area contributed by atoms with Crippen LogP contribution in [0.5, 0.6) is 0 Å². The zero-order valence-corrected chi connectivity index (χ0v) is 9.73. The Balaban J connectivity index is 3.10. The minimum absolute atomic E-state index is 0.190. The molecule has 0 aromatic heterocycles. The molecule has 0 amide bonds. The fourth-order valence-corrected chi connectivity index (χ4v) is 1.71. The zero-order valence-electron chi connectivity index (χ0n) is 9.73. The first kappa shape index (κ1) is 10.5. The Kier molecular flexibility index (Phi) is 2.40. The largest absolute Gasteiger partial charge is 0.265 e. The van der Waals surface area contributed by atoms with Gasteiger partial charge in [0, 0.05) is 23.7 Å². The molecule has 1 aliphatic heterocycles. The second-order valence-corrected chi connectivity index (χ2v) is 5.84. The molecule has 0 N–H and O–H groups in total. The van der Waals surface area contributed by atoms with Crippen LogP contribution in [0.2, 0.25) is 0 Å². The van der Waals surface area contributed by atoms with Gasteiger partial charge >= 0.3 is 0 Å². The third-order valence-corrected chi connectivity index (χ3v) is 2.42. The van der Waals surface area contributed by atoms with Crippen LogP contribution in [0.1, 0.15) is 48.0 Å². The summed E-state index contributed by atoms with van der Waals surface area (Å²) in [5.41, 5.74) is 3.24. The Labute approximate surface area is 82.0 Å². The minimum atomic E-state index is 0.190. The Morgan fingerprint density at radius 1 is 1.00 bits per heavy atom. The lowest BCUT2D eigenvalue weighted by atomic mass is 9.78. The normalized spacial score (nSPS) is 18.6. The van der Waals surface area contributed by atoms with Crippen molar-refractivity contribution >= 4 is 6.21 Å². The Hall–Kier alpha value is -0.590. The van der Waals surface area contributed by atoms with Crippen molar-refractivity contribution in [1.82, 2.24) is 0 Å². The van der Waals surface area contributed by atoms with Gasteiger partial charge < -0.3 is 0 Å². The highest BCUT2D eigenvalue weighted by Gasteiger charge is 2.29. The summed E-state index contributed by atoms with van der Waals surface area (Å²) in [4.78, 5) is 4.51. The summed E-state index contributed by atoms with van der Waals surface area (Å²) < 4.78 is 0. The smallest absolute Gasteiger partial charge is 0.0454 e. The average Bonchev–Trinajstić information content (AvgIpc) is 2.27. The molecule has 0 saturated carbocycles. The molecule has 0 radical (unpaired) electrons. The predicted molar refractivity (Wildman–Crippen MR) is 59.0 cm³/mol. The molecular formula is C12H21N. The highest BCUT2D eigenvalue weighted by Crippen LogP contribution is 2.40. The second kappa shape index (κ2) is 2.97. The lowest BCUT2D eigenvalue weighted by Crippen LogP contribution is -2.16. The summed E-state index contributed by atoms with van der Waals surface area (Å²) in [6.45, 7) is 13.5. The van der Waals surface area contributed by atoms with E-state index in [1.165, 1.54) is 11.3 Å². The molecule has 0 saturated heterocycles. The fraction of sp³-hybridized carbons (Fsp3) is 0.750. The van der Waals surface area contributed by atoms with E-state index in [1.54, 1.807) is 0 Å². The zero-order chi connectivity index (χ0) is 10.3. The van der Waals surface area contributed by atoms with Crippen molar-refractivity contribution in [3.63, 3.8) is 0 Å². The van der Waals surface area contributed by atoms with E-state index in [4.69, 9.17) is 0 Å². The van der Waals surface area contributed by atoms with Crippen LogP contribution in [0.3, 0.4) is 0 Å². The summed E-state index contributed by atoms with van der Waals surface area (Å²) in [5, 5.41) is 0. The van der Waals surface area contributed by atoms with Gasteiger partial charge in [0.2, 0.25) is 0 Å². The van der Waals surface area contributed by atoms with Crippen molar-refractivity contribution < 1.29 is 0 Å². The van der Waals surface area contributed by atoms with Gasteiger partial charge in [0.1, 0.15) is 0 Å². The summed E-state index contributed by atoms with van der Waals surface area (Å²) in [6, 6.07) is 0. The molecule has 0 atom stereocenters. The molecule has 1 heterocycles. The standard InChI is InChI=1S/C12H21N/c1-11(2,3)9-7-8-13-10(9)12(4,5)6/h8H,7H2,1-6H3. The third kappa shape index (κ3) is 2.20. The highest BCUT2D eigenvalue weighted by atomic mass is 14.8. The van der Waals surface area contributed by atoms with Crippen LogP contribution >= 0.6 is 0 Å². The lowest BCUT2D eigenvalue weighted by molar-refractivity contribution is 0.443. The lowest BCUT2D eigenvalue weighted by Gasteiger charge is -2.27. The van der Waals surface area contributed by atoms with Crippen LogP contribution in [0.25, 0.3) is 0 Å². The van der Waals surface area contributed by atoms with E-state index in [-0.39, 0.29) is 10.8 Å². The molecule has 0 aromatic rings. The van der Waals surface area contributed by atoms with E-state index < -0.39 is 0 Å². The van der Waals surface area contributed by atoms with Crippen molar-refractivity contribution in [2.45, 2.75) is 48.0 Å². The monoisotopic (exact) mass is 179 g/mol. The summed E-state index contributed by atoms with van der Waals surface area (Å²) in [5.74, 6) is 0. The van der Waals surface area contributed by atoms with Crippen LogP contribution in [0.4, 0.5) is 0 Å². The summed E-state index contributed by atoms with van der Waals surface area (Å²) in [7, 11) is 0. The Bertz CT molecular complexity index is 256. The maximum Gasteiger partial charge on any atom is 0.0454 e. The number of nitrogens with zero attached hydrogens (tertiary/aromatic N) is 1. The Morgan fingerprint density at radius 3 is 1.85 bits per heavy atom. The van der Waals surface area contributed by atoms with Crippen LogP contribution in [-0.4, -0.2) is 6.21 Å². The van der Waals surface area contributed by atoms with E-state index in [9.17, 15) is 0 Å². The summed E-state index contributed by atoms with van der Waals surface area (Å²) >= 11 is 0. The SMILES string of the molecule is CC(C)(C)C1=C(C(C)(C)C)N=CC1. The maximum absolute atomic E-state index is 4.51. The molecule has 0 fully saturated rings. The average molecular weight is 179 g/mol. The molecule has 1 nitrogen and oxygen atoms in total. The van der Waals surface area contributed by atoms with E-state index in [0.29, 0.717) is 0 Å². The van der Waals surface area contributed by atoms with Crippen molar-refractivity contribution in [3.05, 3.63) is 11.3 Å². The number of rotatable bonds is 0. The predicted octanol–water partition coefficient (Wildman–Crippen LogP) is 3.81. The molecule has 1 aliphatic rings. The maximum atomic E-state index is 4.51. The van der Waals surface area contributed by atoms with Crippen LogP contribution in [-0.2, 0) is 0 Å². The van der Waals surface area contributed by atoms with Crippen LogP contribution in [0.15, 0.2) is 16.3 Å². The van der Waals surface area contributed by atoms with Gasteiger partial charge in [-0.2, -0.15) is 0 Å². The van der Waals surface area contributed by atoms with Gasteiger partial charge in [0.15, 0.2) is 0 Å². The van der Waals surface area contributed by atoms with E-state index in [2.05, 4.69) is 46.5 Å². The third-order valence-electron chi connectivity index (χ3n) is 2.42. The molecular weight excluding hydrogens is 158 g/mol. The van der Waals surface area contributed by atoms with Gasteiger partial charge in [-0.3, -0.25) is 4.99 Å². The molecule has 0 bridgehead atoms. The van der Waals surface area contributed by atoms with E-state index in [0.717, 1.165) is 6.42 Å². The number of allylic oxidation sites excluding steroid dienone is 2. The quantitative estimate of drug-likeness (QED) is 0.536. The number of aliphatic imine (C=N–C) groups is 1. The van der Waals surface area contributed by atoms with Crippen LogP contribution < -0.4 is 0 Å². The first-order valence-electron chi connectivity index (χ1n) is 4.99. The molecule has 0 spiro atoms. The number of hydrogen-bond acceptors (Lipinski definition) is 1. The van der Waals surface area contributed by atoms with E-state index in [1.807, 2.05) is 6.21 Å². The van der Waals surface area contributed by atoms with Gasteiger partial charge in [-0.05, 0) is 11.0 Å². The topological polar surface area (TPSA) is 12.4 Å². The first-order chi connectivity index (χ1) is 5.73. The van der Waals surface area contributed by atoms with Gasteiger partial charge in [-0.1, -0.05) is 41.5 Å². The fourth-order valence-electron chi connectivity index (χ4n) is 1.71. The van der Waals surface area contributed by atoms with Gasteiger partial charge in [0.05, 0.1) is 0 Å². The van der Waals surface area contributed by atoms with Crippen molar-refractivity contribution in [2.24, 2.45) is 15.8 Å². The Morgan fingerprint density at radius 2 is 1.54 bits per heavy atom. The number of hydrogen-bond donors (Lipinski definition) is 0. The molecule has 0 aliphatic carbocycles. The van der Waals surface area contributed by atoms with E-state index >= 15 is 0 Å². The first-order valence-corrected chi connectivity index (χ1v) is 4.99.